The fraction of sp³-hybridized carbons (Fsp3) is 0.333. The van der Waals surface area contributed by atoms with Crippen molar-refractivity contribution in [1.82, 2.24) is 0 Å². The van der Waals surface area contributed by atoms with Crippen LogP contribution >= 0.6 is 0 Å². The molecule has 0 aliphatic carbocycles. The van der Waals surface area contributed by atoms with E-state index in [1.807, 2.05) is 26.0 Å². The molecule has 2 aromatic carbocycles. The molecule has 0 atom stereocenters. The monoisotopic (exact) mass is 316 g/mol. The predicted octanol–water partition coefficient (Wildman–Crippen LogP) is 4.71. The molecule has 0 radical (unpaired) electrons. The van der Waals surface area contributed by atoms with Crippen LogP contribution in [0.15, 0.2) is 48.5 Å². The van der Waals surface area contributed by atoms with Crippen LogP contribution in [0.3, 0.4) is 0 Å². The lowest BCUT2D eigenvalue weighted by molar-refractivity contribution is 0.0507. The van der Waals surface area contributed by atoms with E-state index in [0.717, 1.165) is 0 Å². The van der Waals surface area contributed by atoms with Crippen LogP contribution in [0.2, 0.25) is 0 Å². The SMILES string of the molecule is CC(C)C(C)(C)OBOc1ccc(Oc2ccc(F)cc2)cc1. The van der Waals surface area contributed by atoms with Crippen molar-refractivity contribution in [3.8, 4) is 17.2 Å². The molecule has 122 valence electrons. The molecule has 0 aliphatic rings. The van der Waals surface area contributed by atoms with E-state index in [2.05, 4.69) is 13.8 Å². The largest absolute Gasteiger partial charge is 0.539 e. The second kappa shape index (κ2) is 7.51. The van der Waals surface area contributed by atoms with Gasteiger partial charge >= 0.3 is 7.69 Å². The Kier molecular flexibility index (Phi) is 5.66. The van der Waals surface area contributed by atoms with Crippen molar-refractivity contribution in [2.75, 3.05) is 0 Å². The molecule has 2 aromatic rings. The van der Waals surface area contributed by atoms with Gasteiger partial charge in [-0.1, -0.05) is 13.8 Å². The van der Waals surface area contributed by atoms with Gasteiger partial charge < -0.3 is 14.0 Å². The molecule has 0 amide bonds. The maximum absolute atomic E-state index is 12.8. The van der Waals surface area contributed by atoms with Gasteiger partial charge in [0, 0.05) is 0 Å². The quantitative estimate of drug-likeness (QED) is 0.692. The second-order valence-corrected chi connectivity index (χ2v) is 6.19. The van der Waals surface area contributed by atoms with Crippen molar-refractivity contribution >= 4 is 7.69 Å². The lowest BCUT2D eigenvalue weighted by Gasteiger charge is -2.29. The fourth-order valence-corrected chi connectivity index (χ4v) is 1.66. The maximum atomic E-state index is 12.8. The zero-order chi connectivity index (χ0) is 16.9. The molecule has 0 fully saturated rings. The minimum atomic E-state index is -0.287. The summed E-state index contributed by atoms with van der Waals surface area (Å²) in [5.41, 5.74) is -0.231. The summed E-state index contributed by atoms with van der Waals surface area (Å²) in [4.78, 5) is 0. The van der Waals surface area contributed by atoms with Gasteiger partial charge in [0.15, 0.2) is 0 Å². The Labute approximate surface area is 137 Å². The molecule has 0 N–H and O–H groups in total. The third-order valence-corrected chi connectivity index (χ3v) is 3.92. The van der Waals surface area contributed by atoms with Crippen molar-refractivity contribution in [3.63, 3.8) is 0 Å². The fourth-order valence-electron chi connectivity index (χ4n) is 1.66. The predicted molar refractivity (Wildman–Crippen MR) is 90.7 cm³/mol. The van der Waals surface area contributed by atoms with Crippen molar-refractivity contribution in [2.24, 2.45) is 5.92 Å². The van der Waals surface area contributed by atoms with Crippen molar-refractivity contribution < 1.29 is 18.4 Å². The van der Waals surface area contributed by atoms with Crippen LogP contribution in [-0.4, -0.2) is 13.3 Å². The number of benzene rings is 2. The number of halogens is 1. The third-order valence-electron chi connectivity index (χ3n) is 3.92. The van der Waals surface area contributed by atoms with E-state index >= 15 is 0 Å². The van der Waals surface area contributed by atoms with Crippen LogP contribution in [-0.2, 0) is 4.65 Å². The Balaban J connectivity index is 1.86. The van der Waals surface area contributed by atoms with E-state index in [9.17, 15) is 4.39 Å². The van der Waals surface area contributed by atoms with Crippen molar-refractivity contribution in [2.45, 2.75) is 33.3 Å². The Morgan fingerprint density at radius 2 is 1.35 bits per heavy atom. The van der Waals surface area contributed by atoms with E-state index in [4.69, 9.17) is 14.0 Å². The molecule has 0 heterocycles. The lowest BCUT2D eigenvalue weighted by Crippen LogP contribution is -2.34. The maximum Gasteiger partial charge on any atom is 0.507 e. The molecular weight excluding hydrogens is 294 g/mol. The molecule has 5 heteroatoms. The van der Waals surface area contributed by atoms with E-state index in [-0.39, 0.29) is 19.1 Å². The molecule has 3 nitrogen and oxygen atoms in total. The zero-order valence-corrected chi connectivity index (χ0v) is 14.0. The molecule has 0 bridgehead atoms. The summed E-state index contributed by atoms with van der Waals surface area (Å²) in [6.45, 7) is 8.31. The van der Waals surface area contributed by atoms with Gasteiger partial charge in [0.1, 0.15) is 23.1 Å². The smallest absolute Gasteiger partial charge is 0.507 e. The summed E-state index contributed by atoms with van der Waals surface area (Å²) >= 11 is 0. The van der Waals surface area contributed by atoms with E-state index in [1.54, 1.807) is 24.3 Å². The molecule has 0 unspecified atom stereocenters. The first kappa shape index (κ1) is 17.4. The summed E-state index contributed by atoms with van der Waals surface area (Å²) in [5, 5.41) is 0. The summed E-state index contributed by atoms with van der Waals surface area (Å²) < 4.78 is 29.8. The summed E-state index contributed by atoms with van der Waals surface area (Å²) in [7, 11) is 0.198. The molecule has 0 saturated carbocycles. The first-order valence-electron chi connectivity index (χ1n) is 7.67. The average molecular weight is 316 g/mol. The van der Waals surface area contributed by atoms with Crippen LogP contribution in [0.1, 0.15) is 27.7 Å². The summed E-state index contributed by atoms with van der Waals surface area (Å²) in [5.74, 6) is 2.06. The van der Waals surface area contributed by atoms with E-state index < -0.39 is 0 Å². The summed E-state index contributed by atoms with van der Waals surface area (Å²) in [6.07, 6.45) is 0. The van der Waals surface area contributed by atoms with Crippen molar-refractivity contribution in [3.05, 3.63) is 54.3 Å². The number of rotatable bonds is 7. The van der Waals surface area contributed by atoms with Crippen LogP contribution < -0.4 is 9.39 Å². The van der Waals surface area contributed by atoms with Gasteiger partial charge in [0.05, 0.1) is 5.60 Å². The van der Waals surface area contributed by atoms with Crippen LogP contribution in [0.25, 0.3) is 0 Å². The normalized spacial score (nSPS) is 11.4. The standard InChI is InChI=1S/C18H22BFO3/c1-13(2)18(3,4)23-19-22-17-11-9-16(10-12-17)21-15-7-5-14(20)6-8-15/h5-13,19H,1-4H3. The molecule has 0 aliphatic heterocycles. The highest BCUT2D eigenvalue weighted by atomic mass is 19.1. The highest BCUT2D eigenvalue weighted by Gasteiger charge is 2.23. The third kappa shape index (κ3) is 5.29. The van der Waals surface area contributed by atoms with Crippen LogP contribution in [0, 0.1) is 11.7 Å². The Morgan fingerprint density at radius 3 is 1.87 bits per heavy atom. The average Bonchev–Trinajstić information content (AvgIpc) is 2.51. The van der Waals surface area contributed by atoms with Crippen LogP contribution in [0.5, 0.6) is 17.2 Å². The Morgan fingerprint density at radius 1 is 0.870 bits per heavy atom. The minimum absolute atomic E-state index is 0.198. The first-order valence-corrected chi connectivity index (χ1v) is 7.67. The van der Waals surface area contributed by atoms with Gasteiger partial charge in [-0.15, -0.1) is 0 Å². The number of ether oxygens (including phenoxy) is 1. The number of hydrogen-bond donors (Lipinski definition) is 0. The topological polar surface area (TPSA) is 27.7 Å². The molecule has 0 spiro atoms. The zero-order valence-electron chi connectivity index (χ0n) is 14.0. The van der Waals surface area contributed by atoms with Crippen LogP contribution in [0.4, 0.5) is 4.39 Å². The Hall–Kier alpha value is -2.01. The van der Waals surface area contributed by atoms with Gasteiger partial charge in [-0.05, 0) is 68.3 Å². The van der Waals surface area contributed by atoms with E-state index in [0.29, 0.717) is 23.2 Å². The highest BCUT2D eigenvalue weighted by Crippen LogP contribution is 2.24. The van der Waals surface area contributed by atoms with E-state index in [1.165, 1.54) is 12.1 Å². The van der Waals surface area contributed by atoms with Gasteiger partial charge in [0.2, 0.25) is 0 Å². The van der Waals surface area contributed by atoms with Gasteiger partial charge in [-0.3, -0.25) is 0 Å². The molecule has 2 rings (SSSR count). The molecule has 23 heavy (non-hydrogen) atoms. The van der Waals surface area contributed by atoms with Gasteiger partial charge in [-0.25, -0.2) is 4.39 Å². The minimum Gasteiger partial charge on any atom is -0.539 e. The number of hydrogen-bond acceptors (Lipinski definition) is 3. The molecule has 0 aromatic heterocycles. The van der Waals surface area contributed by atoms with Crippen molar-refractivity contribution in [1.29, 1.82) is 0 Å². The Bertz CT molecular complexity index is 609. The first-order chi connectivity index (χ1) is 10.9. The molecular formula is C18H22BFO3. The lowest BCUT2D eigenvalue weighted by atomic mass is 9.93. The van der Waals surface area contributed by atoms with Gasteiger partial charge in [-0.2, -0.15) is 0 Å². The summed E-state index contributed by atoms with van der Waals surface area (Å²) in [6, 6.07) is 13.1. The second-order valence-electron chi connectivity index (χ2n) is 6.19. The molecule has 0 saturated heterocycles. The highest BCUT2D eigenvalue weighted by molar-refractivity contribution is 6.19. The van der Waals surface area contributed by atoms with Gasteiger partial charge in [0.25, 0.3) is 0 Å².